The van der Waals surface area contributed by atoms with E-state index in [-0.39, 0.29) is 0 Å². The number of unbranched alkanes of at least 4 members (excludes halogenated alkanes) is 1. The molecule has 0 radical (unpaired) electrons. The van der Waals surface area contributed by atoms with Gasteiger partial charge in [-0.05, 0) is 42.7 Å². The Morgan fingerprint density at radius 2 is 1.68 bits per heavy atom. The van der Waals surface area contributed by atoms with Gasteiger partial charge in [-0.3, -0.25) is 0 Å². The van der Waals surface area contributed by atoms with E-state index < -0.39 is 0 Å². The monoisotopic (exact) mass is 254 g/mol. The predicted octanol–water partition coefficient (Wildman–Crippen LogP) is 4.26. The SMILES string of the molecule is Oc1ccc(C=CCCCOc2ccccc2)cc1. The van der Waals surface area contributed by atoms with Crippen LogP contribution < -0.4 is 4.74 Å². The van der Waals surface area contributed by atoms with Gasteiger partial charge in [0, 0.05) is 0 Å². The fourth-order valence-electron chi connectivity index (χ4n) is 1.71. The van der Waals surface area contributed by atoms with E-state index in [2.05, 4.69) is 12.2 Å². The van der Waals surface area contributed by atoms with Gasteiger partial charge in [0.2, 0.25) is 0 Å². The van der Waals surface area contributed by atoms with Crippen molar-refractivity contribution in [1.82, 2.24) is 0 Å². The molecule has 2 heteroatoms. The number of benzene rings is 2. The van der Waals surface area contributed by atoms with E-state index in [0.29, 0.717) is 5.75 Å². The average molecular weight is 254 g/mol. The molecule has 98 valence electrons. The lowest BCUT2D eigenvalue weighted by atomic mass is 10.2. The highest BCUT2D eigenvalue weighted by molar-refractivity contribution is 5.50. The smallest absolute Gasteiger partial charge is 0.119 e. The first-order valence-corrected chi connectivity index (χ1v) is 6.48. The van der Waals surface area contributed by atoms with Gasteiger partial charge in [0.25, 0.3) is 0 Å². The van der Waals surface area contributed by atoms with Crippen LogP contribution in [0.2, 0.25) is 0 Å². The highest BCUT2D eigenvalue weighted by Gasteiger charge is 1.91. The van der Waals surface area contributed by atoms with E-state index in [1.54, 1.807) is 12.1 Å². The molecule has 0 fully saturated rings. The third kappa shape index (κ3) is 4.88. The number of aromatic hydroxyl groups is 1. The molecule has 0 atom stereocenters. The quantitative estimate of drug-likeness (QED) is 0.780. The van der Waals surface area contributed by atoms with Crippen molar-refractivity contribution in [2.24, 2.45) is 0 Å². The zero-order chi connectivity index (χ0) is 13.3. The van der Waals surface area contributed by atoms with Crippen molar-refractivity contribution in [3.8, 4) is 11.5 Å². The lowest BCUT2D eigenvalue weighted by molar-refractivity contribution is 0.312. The fraction of sp³-hybridized carbons (Fsp3) is 0.176. The number of phenolic OH excluding ortho intramolecular Hbond substituents is 1. The molecule has 0 saturated heterocycles. The summed E-state index contributed by atoms with van der Waals surface area (Å²) in [5, 5.41) is 9.17. The van der Waals surface area contributed by atoms with Gasteiger partial charge in [-0.15, -0.1) is 0 Å². The van der Waals surface area contributed by atoms with Gasteiger partial charge in [-0.25, -0.2) is 0 Å². The first kappa shape index (κ1) is 13.2. The topological polar surface area (TPSA) is 29.5 Å². The van der Waals surface area contributed by atoms with Crippen molar-refractivity contribution in [3.05, 3.63) is 66.2 Å². The van der Waals surface area contributed by atoms with Crippen LogP contribution >= 0.6 is 0 Å². The molecule has 0 bridgehead atoms. The number of phenols is 1. The molecule has 0 aliphatic rings. The van der Waals surface area contributed by atoms with E-state index in [4.69, 9.17) is 9.84 Å². The Hall–Kier alpha value is -2.22. The van der Waals surface area contributed by atoms with Crippen molar-refractivity contribution in [2.45, 2.75) is 12.8 Å². The minimum Gasteiger partial charge on any atom is -0.508 e. The second kappa shape index (κ2) is 7.27. The number of ether oxygens (including phenoxy) is 1. The molecule has 2 aromatic rings. The molecule has 0 aliphatic heterocycles. The molecular formula is C17H18O2. The van der Waals surface area contributed by atoms with Gasteiger partial charge < -0.3 is 9.84 Å². The Bertz CT molecular complexity index is 501. The highest BCUT2D eigenvalue weighted by atomic mass is 16.5. The van der Waals surface area contributed by atoms with Crippen LogP contribution in [0.4, 0.5) is 0 Å². The third-order valence-electron chi connectivity index (χ3n) is 2.73. The number of para-hydroxylation sites is 1. The zero-order valence-electron chi connectivity index (χ0n) is 10.8. The van der Waals surface area contributed by atoms with Crippen LogP contribution in [0.1, 0.15) is 18.4 Å². The summed E-state index contributed by atoms with van der Waals surface area (Å²) in [6.07, 6.45) is 6.15. The van der Waals surface area contributed by atoms with Gasteiger partial charge in [-0.1, -0.05) is 42.5 Å². The standard InChI is InChI=1S/C17H18O2/c18-16-12-10-15(11-13-16)7-3-2-6-14-19-17-8-4-1-5-9-17/h1,3-5,7-13,18H,2,6,14H2. The van der Waals surface area contributed by atoms with Crippen molar-refractivity contribution in [2.75, 3.05) is 6.61 Å². The van der Waals surface area contributed by atoms with E-state index >= 15 is 0 Å². The van der Waals surface area contributed by atoms with Crippen molar-refractivity contribution >= 4 is 6.08 Å². The van der Waals surface area contributed by atoms with Gasteiger partial charge >= 0.3 is 0 Å². The predicted molar refractivity (Wildman–Crippen MR) is 78.3 cm³/mol. The van der Waals surface area contributed by atoms with Crippen LogP contribution in [0.25, 0.3) is 6.08 Å². The molecule has 0 spiro atoms. The van der Waals surface area contributed by atoms with E-state index in [1.165, 1.54) is 0 Å². The minimum atomic E-state index is 0.299. The van der Waals surface area contributed by atoms with Crippen molar-refractivity contribution < 1.29 is 9.84 Å². The molecular weight excluding hydrogens is 236 g/mol. The Kier molecular flexibility index (Phi) is 5.06. The summed E-state index contributed by atoms with van der Waals surface area (Å²) in [6, 6.07) is 17.0. The summed E-state index contributed by atoms with van der Waals surface area (Å²) in [4.78, 5) is 0. The molecule has 1 N–H and O–H groups in total. The van der Waals surface area contributed by atoms with Crippen LogP contribution in [0.5, 0.6) is 11.5 Å². The second-order valence-electron chi connectivity index (χ2n) is 4.30. The van der Waals surface area contributed by atoms with Crippen LogP contribution in [-0.4, -0.2) is 11.7 Å². The third-order valence-corrected chi connectivity index (χ3v) is 2.73. The highest BCUT2D eigenvalue weighted by Crippen LogP contribution is 2.12. The van der Waals surface area contributed by atoms with Gasteiger partial charge in [-0.2, -0.15) is 0 Å². The lowest BCUT2D eigenvalue weighted by Gasteiger charge is -2.03. The summed E-state index contributed by atoms with van der Waals surface area (Å²) >= 11 is 0. The summed E-state index contributed by atoms with van der Waals surface area (Å²) in [7, 11) is 0. The number of rotatable bonds is 6. The number of hydrogen-bond donors (Lipinski definition) is 1. The van der Waals surface area contributed by atoms with Crippen molar-refractivity contribution in [3.63, 3.8) is 0 Å². The Balaban J connectivity index is 1.65. The molecule has 0 heterocycles. The molecule has 0 saturated carbocycles. The van der Waals surface area contributed by atoms with Crippen molar-refractivity contribution in [1.29, 1.82) is 0 Å². The molecule has 0 unspecified atom stereocenters. The first-order valence-electron chi connectivity index (χ1n) is 6.48. The maximum Gasteiger partial charge on any atom is 0.119 e. The summed E-state index contributed by atoms with van der Waals surface area (Å²) in [5.74, 6) is 1.22. The van der Waals surface area contributed by atoms with E-state index in [0.717, 1.165) is 30.8 Å². The van der Waals surface area contributed by atoms with Crippen LogP contribution in [-0.2, 0) is 0 Å². The Labute approximate surface area is 114 Å². The molecule has 2 rings (SSSR count). The van der Waals surface area contributed by atoms with Gasteiger partial charge in [0.15, 0.2) is 0 Å². The average Bonchev–Trinajstić information content (AvgIpc) is 2.46. The molecule has 0 amide bonds. The summed E-state index contributed by atoms with van der Waals surface area (Å²) < 4.78 is 5.61. The first-order chi connectivity index (χ1) is 9.34. The molecule has 19 heavy (non-hydrogen) atoms. The van der Waals surface area contributed by atoms with E-state index in [1.807, 2.05) is 42.5 Å². The number of allylic oxidation sites excluding steroid dienone is 1. The second-order valence-corrected chi connectivity index (χ2v) is 4.30. The summed E-state index contributed by atoms with van der Waals surface area (Å²) in [6.45, 7) is 0.726. The molecule has 0 aromatic heterocycles. The Morgan fingerprint density at radius 1 is 0.947 bits per heavy atom. The largest absolute Gasteiger partial charge is 0.508 e. The molecule has 0 aliphatic carbocycles. The zero-order valence-corrected chi connectivity index (χ0v) is 10.8. The maximum absolute atomic E-state index is 9.17. The van der Waals surface area contributed by atoms with Crippen LogP contribution in [0.3, 0.4) is 0 Å². The molecule has 2 nitrogen and oxygen atoms in total. The Morgan fingerprint density at radius 3 is 2.42 bits per heavy atom. The normalized spacial score (nSPS) is 10.7. The fourth-order valence-corrected chi connectivity index (χ4v) is 1.71. The van der Waals surface area contributed by atoms with E-state index in [9.17, 15) is 0 Å². The minimum absolute atomic E-state index is 0.299. The number of hydrogen-bond acceptors (Lipinski definition) is 2. The van der Waals surface area contributed by atoms with Gasteiger partial charge in [0.1, 0.15) is 11.5 Å². The van der Waals surface area contributed by atoms with Gasteiger partial charge in [0.05, 0.1) is 6.61 Å². The summed E-state index contributed by atoms with van der Waals surface area (Å²) in [5.41, 5.74) is 1.10. The lowest BCUT2D eigenvalue weighted by Crippen LogP contribution is -1.95. The van der Waals surface area contributed by atoms with Crippen LogP contribution in [0, 0.1) is 0 Å². The molecule has 2 aromatic carbocycles. The maximum atomic E-state index is 9.17. The van der Waals surface area contributed by atoms with Crippen LogP contribution in [0.15, 0.2) is 60.7 Å².